The van der Waals surface area contributed by atoms with Gasteiger partial charge in [-0.2, -0.15) is 5.10 Å². The number of ketones is 1. The second kappa shape index (κ2) is 7.07. The standard InChI is InChI=1S/C16H22N2O/c1-14(17-18-12-6-3-7-13-18)10-11-16(19)15-8-4-2-5-9-15/h2,4-5,8-9H,3,6-7,10-13H2,1H3. The summed E-state index contributed by atoms with van der Waals surface area (Å²) in [4.78, 5) is 12.0. The predicted molar refractivity (Wildman–Crippen MR) is 78.5 cm³/mol. The fraction of sp³-hybridized carbons (Fsp3) is 0.500. The summed E-state index contributed by atoms with van der Waals surface area (Å²) in [7, 11) is 0. The highest BCUT2D eigenvalue weighted by atomic mass is 16.1. The highest BCUT2D eigenvalue weighted by molar-refractivity contribution is 5.98. The van der Waals surface area contributed by atoms with E-state index in [4.69, 9.17) is 0 Å². The van der Waals surface area contributed by atoms with Crippen LogP contribution >= 0.6 is 0 Å². The topological polar surface area (TPSA) is 32.7 Å². The molecule has 1 aliphatic rings. The Kier molecular flexibility index (Phi) is 5.13. The van der Waals surface area contributed by atoms with Gasteiger partial charge in [0, 0.05) is 30.8 Å². The molecule has 1 aromatic carbocycles. The molecule has 2 rings (SSSR count). The number of benzene rings is 1. The number of rotatable bonds is 5. The fourth-order valence-electron chi connectivity index (χ4n) is 2.33. The average Bonchev–Trinajstić information content (AvgIpc) is 2.47. The second-order valence-electron chi connectivity index (χ2n) is 5.14. The molecule has 0 bridgehead atoms. The van der Waals surface area contributed by atoms with Crippen LogP contribution in [0.25, 0.3) is 0 Å². The van der Waals surface area contributed by atoms with Crippen LogP contribution in [0.3, 0.4) is 0 Å². The lowest BCUT2D eigenvalue weighted by atomic mass is 10.1. The molecule has 102 valence electrons. The molecule has 1 fully saturated rings. The Hall–Kier alpha value is -1.64. The fourth-order valence-corrected chi connectivity index (χ4v) is 2.33. The van der Waals surface area contributed by atoms with Gasteiger partial charge in [0.15, 0.2) is 5.78 Å². The van der Waals surface area contributed by atoms with Crippen LogP contribution in [0.1, 0.15) is 49.4 Å². The number of hydrogen-bond acceptors (Lipinski definition) is 3. The largest absolute Gasteiger partial charge is 0.297 e. The highest BCUT2D eigenvalue weighted by Crippen LogP contribution is 2.10. The van der Waals surface area contributed by atoms with Crippen molar-refractivity contribution < 1.29 is 4.79 Å². The van der Waals surface area contributed by atoms with Gasteiger partial charge in [0.05, 0.1) is 0 Å². The first-order valence-electron chi connectivity index (χ1n) is 7.13. The molecule has 0 spiro atoms. The minimum Gasteiger partial charge on any atom is -0.297 e. The van der Waals surface area contributed by atoms with E-state index in [-0.39, 0.29) is 5.78 Å². The van der Waals surface area contributed by atoms with Crippen LogP contribution in [0.15, 0.2) is 35.4 Å². The van der Waals surface area contributed by atoms with Gasteiger partial charge in [-0.1, -0.05) is 30.3 Å². The number of carbonyl (C=O) groups is 1. The van der Waals surface area contributed by atoms with E-state index in [0.717, 1.165) is 30.8 Å². The summed E-state index contributed by atoms with van der Waals surface area (Å²) < 4.78 is 0. The summed E-state index contributed by atoms with van der Waals surface area (Å²) in [5.41, 5.74) is 1.86. The smallest absolute Gasteiger partial charge is 0.163 e. The number of hydrogen-bond donors (Lipinski definition) is 0. The van der Waals surface area contributed by atoms with E-state index in [1.54, 1.807) is 0 Å². The van der Waals surface area contributed by atoms with Crippen molar-refractivity contribution in [3.8, 4) is 0 Å². The second-order valence-corrected chi connectivity index (χ2v) is 5.14. The number of nitrogens with zero attached hydrogens (tertiary/aromatic N) is 2. The Balaban J connectivity index is 1.81. The highest BCUT2D eigenvalue weighted by Gasteiger charge is 2.09. The van der Waals surface area contributed by atoms with Crippen LogP contribution in [-0.4, -0.2) is 29.6 Å². The van der Waals surface area contributed by atoms with Crippen molar-refractivity contribution in [2.75, 3.05) is 13.1 Å². The first kappa shape index (κ1) is 13.8. The van der Waals surface area contributed by atoms with Gasteiger partial charge < -0.3 is 0 Å². The van der Waals surface area contributed by atoms with Crippen molar-refractivity contribution in [1.29, 1.82) is 0 Å². The normalized spacial score (nSPS) is 16.5. The molecule has 3 heteroatoms. The van der Waals surface area contributed by atoms with E-state index in [2.05, 4.69) is 10.1 Å². The zero-order valence-corrected chi connectivity index (χ0v) is 11.6. The number of Topliss-reactive ketones (excluding diaryl/α,β-unsaturated/α-hetero) is 1. The monoisotopic (exact) mass is 258 g/mol. The first-order chi connectivity index (χ1) is 9.25. The number of hydrazone groups is 1. The summed E-state index contributed by atoms with van der Waals surface area (Å²) in [5, 5.41) is 6.74. The van der Waals surface area contributed by atoms with E-state index < -0.39 is 0 Å². The van der Waals surface area contributed by atoms with Crippen molar-refractivity contribution in [1.82, 2.24) is 5.01 Å². The third-order valence-corrected chi connectivity index (χ3v) is 3.45. The third-order valence-electron chi connectivity index (χ3n) is 3.45. The maximum atomic E-state index is 12.0. The molecular weight excluding hydrogens is 236 g/mol. The summed E-state index contributed by atoms with van der Waals surface area (Å²) >= 11 is 0. The first-order valence-corrected chi connectivity index (χ1v) is 7.13. The van der Waals surface area contributed by atoms with Gasteiger partial charge in [-0.05, 0) is 32.6 Å². The minimum absolute atomic E-state index is 0.203. The molecule has 0 aliphatic carbocycles. The molecule has 0 atom stereocenters. The molecule has 0 unspecified atom stereocenters. The van der Waals surface area contributed by atoms with Crippen molar-refractivity contribution in [2.45, 2.75) is 39.0 Å². The summed E-state index contributed by atoms with van der Waals surface area (Å²) in [6.07, 6.45) is 5.09. The van der Waals surface area contributed by atoms with Gasteiger partial charge in [0.2, 0.25) is 0 Å². The minimum atomic E-state index is 0.203. The third kappa shape index (κ3) is 4.51. The van der Waals surface area contributed by atoms with Crippen LogP contribution < -0.4 is 0 Å². The lowest BCUT2D eigenvalue weighted by Gasteiger charge is -2.24. The van der Waals surface area contributed by atoms with Crippen LogP contribution in [-0.2, 0) is 0 Å². The average molecular weight is 258 g/mol. The van der Waals surface area contributed by atoms with Crippen LogP contribution in [0.2, 0.25) is 0 Å². The maximum absolute atomic E-state index is 12.0. The number of carbonyl (C=O) groups excluding carboxylic acids is 1. The van der Waals surface area contributed by atoms with Crippen LogP contribution in [0.4, 0.5) is 0 Å². The van der Waals surface area contributed by atoms with Gasteiger partial charge in [-0.25, -0.2) is 0 Å². The molecule has 0 amide bonds. The molecule has 1 aromatic rings. The molecular formula is C16H22N2O. The van der Waals surface area contributed by atoms with Gasteiger partial charge in [0.25, 0.3) is 0 Å². The predicted octanol–water partition coefficient (Wildman–Crippen LogP) is 3.51. The van der Waals surface area contributed by atoms with Crippen LogP contribution in [0, 0.1) is 0 Å². The molecule has 1 heterocycles. The zero-order valence-electron chi connectivity index (χ0n) is 11.6. The van der Waals surface area contributed by atoms with E-state index >= 15 is 0 Å². The van der Waals surface area contributed by atoms with Crippen molar-refractivity contribution >= 4 is 11.5 Å². The molecule has 1 saturated heterocycles. The summed E-state index contributed by atoms with van der Waals surface area (Å²) in [5.74, 6) is 0.203. The van der Waals surface area contributed by atoms with E-state index in [1.165, 1.54) is 19.3 Å². The maximum Gasteiger partial charge on any atom is 0.163 e. The van der Waals surface area contributed by atoms with Crippen molar-refractivity contribution in [2.24, 2.45) is 5.10 Å². The summed E-state index contributed by atoms with van der Waals surface area (Å²) in [6, 6.07) is 9.49. The van der Waals surface area contributed by atoms with Gasteiger partial charge in [-0.3, -0.25) is 9.80 Å². The van der Waals surface area contributed by atoms with E-state index in [0.29, 0.717) is 6.42 Å². The lowest BCUT2D eigenvalue weighted by molar-refractivity contribution is 0.0984. The molecule has 1 aliphatic heterocycles. The Morgan fingerprint density at radius 2 is 1.79 bits per heavy atom. The Bertz CT molecular complexity index is 433. The summed E-state index contributed by atoms with van der Waals surface area (Å²) in [6.45, 7) is 4.14. The van der Waals surface area contributed by atoms with E-state index in [9.17, 15) is 4.79 Å². The lowest BCUT2D eigenvalue weighted by Crippen LogP contribution is -2.25. The van der Waals surface area contributed by atoms with Crippen molar-refractivity contribution in [3.63, 3.8) is 0 Å². The van der Waals surface area contributed by atoms with Gasteiger partial charge >= 0.3 is 0 Å². The molecule has 0 N–H and O–H groups in total. The van der Waals surface area contributed by atoms with E-state index in [1.807, 2.05) is 37.3 Å². The SMILES string of the molecule is CC(CCC(=O)c1ccccc1)=NN1CCCCC1. The molecule has 0 saturated carbocycles. The number of piperidine rings is 1. The molecule has 3 nitrogen and oxygen atoms in total. The Labute approximate surface area is 115 Å². The molecule has 19 heavy (non-hydrogen) atoms. The molecule has 0 radical (unpaired) electrons. The van der Waals surface area contributed by atoms with Crippen molar-refractivity contribution in [3.05, 3.63) is 35.9 Å². The Morgan fingerprint density at radius 1 is 1.11 bits per heavy atom. The zero-order chi connectivity index (χ0) is 13.5. The quantitative estimate of drug-likeness (QED) is 0.598. The van der Waals surface area contributed by atoms with Gasteiger partial charge in [0.1, 0.15) is 0 Å². The van der Waals surface area contributed by atoms with Crippen LogP contribution in [0.5, 0.6) is 0 Å². The molecule has 0 aromatic heterocycles. The Morgan fingerprint density at radius 3 is 2.47 bits per heavy atom. The van der Waals surface area contributed by atoms with Gasteiger partial charge in [-0.15, -0.1) is 0 Å².